The first-order chi connectivity index (χ1) is 18.6. The van der Waals surface area contributed by atoms with Gasteiger partial charge >= 0.3 is 5.97 Å². The number of rotatable bonds is 13. The van der Waals surface area contributed by atoms with Crippen LogP contribution in [0.15, 0.2) is 41.5 Å². The zero-order valence-corrected chi connectivity index (χ0v) is 22.9. The summed E-state index contributed by atoms with van der Waals surface area (Å²) in [5.41, 5.74) is 1.31. The van der Waals surface area contributed by atoms with Crippen molar-refractivity contribution in [3.05, 3.63) is 69.8 Å². The minimum atomic E-state index is -1.49. The quantitative estimate of drug-likeness (QED) is 0.149. The van der Waals surface area contributed by atoms with E-state index < -0.39 is 34.8 Å². The summed E-state index contributed by atoms with van der Waals surface area (Å²) in [5, 5.41) is 13.5. The molecular formula is C28H30F2N2O6S. The van der Waals surface area contributed by atoms with Gasteiger partial charge in [0.15, 0.2) is 5.13 Å². The van der Waals surface area contributed by atoms with E-state index in [4.69, 9.17) is 14.6 Å². The summed E-state index contributed by atoms with van der Waals surface area (Å²) in [4.78, 5) is 28.2. The van der Waals surface area contributed by atoms with Crippen LogP contribution in [0.4, 0.5) is 13.9 Å². The second kappa shape index (κ2) is 13.8. The van der Waals surface area contributed by atoms with Crippen molar-refractivity contribution in [3.63, 3.8) is 0 Å². The van der Waals surface area contributed by atoms with Crippen LogP contribution in [0.1, 0.15) is 41.8 Å². The Balaban J connectivity index is 1.75. The molecule has 0 aliphatic carbocycles. The number of aliphatic carboxylic acids is 1. The summed E-state index contributed by atoms with van der Waals surface area (Å²) in [6.45, 7) is 5.54. The molecule has 11 heteroatoms. The monoisotopic (exact) mass is 560 g/mol. The highest BCUT2D eigenvalue weighted by atomic mass is 32.1. The summed E-state index contributed by atoms with van der Waals surface area (Å²) >= 11 is 1.14. The van der Waals surface area contributed by atoms with E-state index in [2.05, 4.69) is 28.9 Å². The number of carboxylic acid groups (broad SMARTS) is 1. The molecule has 1 aromatic heterocycles. The van der Waals surface area contributed by atoms with Gasteiger partial charge in [-0.15, -0.1) is 11.3 Å². The summed E-state index contributed by atoms with van der Waals surface area (Å²) in [5.74, 6) is -3.94. The molecule has 1 heterocycles. The van der Waals surface area contributed by atoms with Crippen LogP contribution in [0.5, 0.6) is 5.75 Å². The zero-order valence-electron chi connectivity index (χ0n) is 22.0. The molecule has 3 rings (SSSR count). The third kappa shape index (κ3) is 7.84. The van der Waals surface area contributed by atoms with Gasteiger partial charge in [-0.1, -0.05) is 26.0 Å². The highest BCUT2D eigenvalue weighted by Crippen LogP contribution is 2.35. The second-order valence-corrected chi connectivity index (χ2v) is 9.76. The highest BCUT2D eigenvalue weighted by Gasteiger charge is 2.19. The molecule has 1 amide bonds. The number of anilines is 1. The number of methoxy groups -OCH3 is 2. The maximum absolute atomic E-state index is 14.5. The van der Waals surface area contributed by atoms with Gasteiger partial charge in [0.05, 0.1) is 26.5 Å². The number of nitrogens with one attached hydrogen (secondary N) is 1. The lowest BCUT2D eigenvalue weighted by Crippen LogP contribution is -2.13. The number of thiazole rings is 1. The van der Waals surface area contributed by atoms with Crippen molar-refractivity contribution in [2.24, 2.45) is 5.92 Å². The number of hydrogen-bond donors (Lipinski definition) is 2. The van der Waals surface area contributed by atoms with Crippen molar-refractivity contribution in [2.75, 3.05) is 32.8 Å². The number of ether oxygens (including phenoxy) is 3. The highest BCUT2D eigenvalue weighted by molar-refractivity contribution is 7.14. The number of benzene rings is 2. The van der Waals surface area contributed by atoms with Gasteiger partial charge in [0, 0.05) is 34.8 Å². The van der Waals surface area contributed by atoms with Crippen LogP contribution in [0.3, 0.4) is 0 Å². The first-order valence-electron chi connectivity index (χ1n) is 12.1. The molecule has 0 saturated carbocycles. The Morgan fingerprint density at radius 2 is 1.87 bits per heavy atom. The number of carbonyl (C=O) groups is 2. The van der Waals surface area contributed by atoms with Gasteiger partial charge in [0.25, 0.3) is 5.91 Å². The molecule has 0 saturated heterocycles. The lowest BCUT2D eigenvalue weighted by Gasteiger charge is -2.13. The fourth-order valence-electron chi connectivity index (χ4n) is 3.64. The fourth-order valence-corrected chi connectivity index (χ4v) is 4.35. The number of carbonyl (C=O) groups excluding carboxylic acids is 1. The van der Waals surface area contributed by atoms with Crippen LogP contribution in [0, 0.1) is 17.6 Å². The number of amides is 1. The molecule has 2 N–H and O–H groups in total. The van der Waals surface area contributed by atoms with Gasteiger partial charge in [-0.05, 0) is 42.5 Å². The Labute approximate surface area is 229 Å². The number of aromatic nitrogens is 1. The number of para-hydroxylation sites is 1. The summed E-state index contributed by atoms with van der Waals surface area (Å²) in [7, 11) is 2.64. The van der Waals surface area contributed by atoms with Gasteiger partial charge in [-0.2, -0.15) is 0 Å². The number of hydrogen-bond acceptors (Lipinski definition) is 7. The predicted molar refractivity (Wildman–Crippen MR) is 145 cm³/mol. The van der Waals surface area contributed by atoms with Gasteiger partial charge < -0.3 is 19.3 Å². The Kier molecular flexibility index (Phi) is 10.5. The van der Waals surface area contributed by atoms with Crippen LogP contribution in [0.2, 0.25) is 0 Å². The van der Waals surface area contributed by atoms with E-state index >= 15 is 0 Å². The van der Waals surface area contributed by atoms with E-state index in [0.717, 1.165) is 48.1 Å². The van der Waals surface area contributed by atoms with Crippen molar-refractivity contribution in [3.8, 4) is 17.0 Å². The van der Waals surface area contributed by atoms with Crippen molar-refractivity contribution >= 4 is 34.4 Å². The molecule has 0 fully saturated rings. The van der Waals surface area contributed by atoms with Crippen molar-refractivity contribution in [2.45, 2.75) is 26.7 Å². The minimum absolute atomic E-state index is 0.219. The molecule has 0 aliphatic rings. The fraction of sp³-hybridized carbons (Fsp3) is 0.321. The second-order valence-electron chi connectivity index (χ2n) is 8.91. The first kappa shape index (κ1) is 29.7. The molecule has 0 bridgehead atoms. The van der Waals surface area contributed by atoms with Gasteiger partial charge in [0.2, 0.25) is 5.76 Å². The number of halogens is 2. The zero-order chi connectivity index (χ0) is 28.5. The SMILES string of the molecule is CO/C(=C/c1c(F)cc(C(=O)Nc2nc(-c3cccc(CCOCCC(C)C)c3OC)cs2)cc1F)C(=O)O. The minimum Gasteiger partial charge on any atom is -0.496 e. The molecule has 0 radical (unpaired) electrons. The average Bonchev–Trinajstić information content (AvgIpc) is 3.35. The van der Waals surface area contributed by atoms with E-state index in [1.807, 2.05) is 18.2 Å². The number of nitrogens with zero attached hydrogens (tertiary/aromatic N) is 1. The molecule has 0 spiro atoms. The first-order valence-corrected chi connectivity index (χ1v) is 13.0. The normalized spacial score (nSPS) is 11.5. The Hall–Kier alpha value is -3.83. The third-order valence-electron chi connectivity index (χ3n) is 5.70. The van der Waals surface area contributed by atoms with Crippen LogP contribution < -0.4 is 10.1 Å². The van der Waals surface area contributed by atoms with Gasteiger partial charge in [0.1, 0.15) is 17.4 Å². The molecule has 2 aromatic carbocycles. The molecule has 3 aromatic rings. The average molecular weight is 561 g/mol. The van der Waals surface area contributed by atoms with E-state index in [1.54, 1.807) is 12.5 Å². The molecule has 0 unspecified atom stereocenters. The molecule has 8 nitrogen and oxygen atoms in total. The maximum Gasteiger partial charge on any atom is 0.371 e. The largest absolute Gasteiger partial charge is 0.496 e. The summed E-state index contributed by atoms with van der Waals surface area (Å²) in [6.07, 6.45) is 2.36. The molecule has 0 atom stereocenters. The van der Waals surface area contributed by atoms with Crippen LogP contribution in [-0.2, 0) is 20.7 Å². The molecule has 0 aliphatic heterocycles. The van der Waals surface area contributed by atoms with Crippen molar-refractivity contribution < 1.29 is 37.7 Å². The van der Waals surface area contributed by atoms with Gasteiger partial charge in [-0.3, -0.25) is 10.1 Å². The van der Waals surface area contributed by atoms with E-state index in [9.17, 15) is 18.4 Å². The van der Waals surface area contributed by atoms with Crippen LogP contribution in [-0.4, -0.2) is 49.4 Å². The molecule has 39 heavy (non-hydrogen) atoms. The summed E-state index contributed by atoms with van der Waals surface area (Å²) in [6, 6.07) is 7.31. The lowest BCUT2D eigenvalue weighted by atomic mass is 10.0. The van der Waals surface area contributed by atoms with E-state index in [1.165, 1.54) is 0 Å². The number of carboxylic acids is 1. The smallest absolute Gasteiger partial charge is 0.371 e. The van der Waals surface area contributed by atoms with Crippen LogP contribution in [0.25, 0.3) is 17.3 Å². The topological polar surface area (TPSA) is 107 Å². The van der Waals surface area contributed by atoms with E-state index in [0.29, 0.717) is 43.1 Å². The van der Waals surface area contributed by atoms with E-state index in [-0.39, 0.29) is 10.7 Å². The Morgan fingerprint density at radius 1 is 1.15 bits per heavy atom. The molecular weight excluding hydrogens is 530 g/mol. The lowest BCUT2D eigenvalue weighted by molar-refractivity contribution is -0.135. The maximum atomic E-state index is 14.5. The van der Waals surface area contributed by atoms with Crippen molar-refractivity contribution in [1.29, 1.82) is 0 Å². The Morgan fingerprint density at radius 3 is 2.49 bits per heavy atom. The standard InChI is InChI=1S/C28H30F2N2O6S/c1-16(2)8-10-38-11-9-17-6-5-7-19(25(17)37-4)23-15-39-28(31-23)32-26(33)18-12-21(29)20(22(30)13-18)14-24(36-3)27(34)35/h5-7,12-16H,8-11H2,1-4H3,(H,34,35)(H,31,32,33)/b24-14+. The third-order valence-corrected chi connectivity index (χ3v) is 6.46. The Bertz CT molecular complexity index is 1330. The van der Waals surface area contributed by atoms with Crippen molar-refractivity contribution in [1.82, 2.24) is 4.98 Å². The van der Waals surface area contributed by atoms with Crippen LogP contribution >= 0.6 is 11.3 Å². The summed E-state index contributed by atoms with van der Waals surface area (Å²) < 4.78 is 45.1. The van der Waals surface area contributed by atoms with Gasteiger partial charge in [-0.25, -0.2) is 18.6 Å². The predicted octanol–water partition coefficient (Wildman–Crippen LogP) is 6.03. The molecule has 208 valence electrons.